The monoisotopic (exact) mass is 240 g/mol. The largest absolute Gasteiger partial charge is 0.306 e. The van der Waals surface area contributed by atoms with Crippen molar-refractivity contribution in [2.75, 3.05) is 0 Å². The minimum Gasteiger partial charge on any atom is -0.306 e. The Bertz CT molecular complexity index is 481. The van der Waals surface area contributed by atoms with Crippen LogP contribution in [0, 0.1) is 17.9 Å². The van der Waals surface area contributed by atoms with E-state index < -0.39 is 11.0 Å². The molecule has 0 amide bonds. The minimum absolute atomic E-state index is 0.516. The van der Waals surface area contributed by atoms with Gasteiger partial charge >= 0.3 is 0 Å². The number of nitriles is 1. The van der Waals surface area contributed by atoms with Crippen LogP contribution in [0.15, 0.2) is 18.2 Å². The smallest absolute Gasteiger partial charge is 0.252 e. The molecule has 0 radical (unpaired) electrons. The molecule has 0 bridgehead atoms. The SMILES string of the molecule is [C-]#[N+]C(C)(C)c1cc(CC)cc(C(C)(C)C#N)c1. The fraction of sp³-hybridized carbons (Fsp3) is 0.500. The zero-order valence-electron chi connectivity index (χ0n) is 11.8. The van der Waals surface area contributed by atoms with Crippen LogP contribution in [0.2, 0.25) is 0 Å². The average Bonchev–Trinajstić information content (AvgIpc) is 2.38. The fourth-order valence-electron chi connectivity index (χ4n) is 1.74. The van der Waals surface area contributed by atoms with Crippen LogP contribution in [0.25, 0.3) is 4.85 Å². The predicted molar refractivity (Wildman–Crippen MR) is 74.1 cm³/mol. The van der Waals surface area contributed by atoms with Crippen molar-refractivity contribution in [3.05, 3.63) is 46.3 Å². The lowest BCUT2D eigenvalue weighted by Crippen LogP contribution is -2.18. The highest BCUT2D eigenvalue weighted by Crippen LogP contribution is 2.31. The average molecular weight is 240 g/mol. The molecule has 0 N–H and O–H groups in total. The molecule has 0 spiro atoms. The summed E-state index contributed by atoms with van der Waals surface area (Å²) < 4.78 is 0. The van der Waals surface area contributed by atoms with Gasteiger partial charge in [0.1, 0.15) is 0 Å². The number of hydrogen-bond acceptors (Lipinski definition) is 1. The van der Waals surface area contributed by atoms with E-state index in [-0.39, 0.29) is 0 Å². The summed E-state index contributed by atoms with van der Waals surface area (Å²) in [6, 6.07) is 8.48. The Labute approximate surface area is 110 Å². The maximum atomic E-state index is 9.25. The number of rotatable bonds is 3. The van der Waals surface area contributed by atoms with E-state index in [1.807, 2.05) is 33.8 Å². The van der Waals surface area contributed by atoms with E-state index in [1.54, 1.807) is 0 Å². The lowest BCUT2D eigenvalue weighted by Gasteiger charge is -2.20. The Hall–Kier alpha value is -1.80. The van der Waals surface area contributed by atoms with Gasteiger partial charge in [0.15, 0.2) is 0 Å². The van der Waals surface area contributed by atoms with Gasteiger partial charge in [0, 0.05) is 19.4 Å². The molecule has 1 aromatic rings. The van der Waals surface area contributed by atoms with Crippen LogP contribution >= 0.6 is 0 Å². The number of nitrogens with zero attached hydrogens (tertiary/aromatic N) is 2. The van der Waals surface area contributed by atoms with E-state index in [0.717, 1.165) is 17.5 Å². The van der Waals surface area contributed by atoms with Crippen molar-refractivity contribution in [2.45, 2.75) is 52.0 Å². The first-order valence-corrected chi connectivity index (χ1v) is 6.21. The minimum atomic E-state index is -0.536. The van der Waals surface area contributed by atoms with Crippen LogP contribution in [0.4, 0.5) is 0 Å². The molecule has 0 unspecified atom stereocenters. The molecule has 0 fully saturated rings. The lowest BCUT2D eigenvalue weighted by molar-refractivity contribution is 0.645. The lowest BCUT2D eigenvalue weighted by atomic mass is 9.81. The summed E-state index contributed by atoms with van der Waals surface area (Å²) in [6.45, 7) is 17.0. The maximum Gasteiger partial charge on any atom is 0.252 e. The molecular formula is C16H20N2. The first-order valence-electron chi connectivity index (χ1n) is 6.21. The van der Waals surface area contributed by atoms with Gasteiger partial charge in [-0.25, -0.2) is 6.57 Å². The van der Waals surface area contributed by atoms with E-state index >= 15 is 0 Å². The third-order valence-electron chi connectivity index (χ3n) is 3.39. The van der Waals surface area contributed by atoms with Gasteiger partial charge < -0.3 is 4.85 Å². The van der Waals surface area contributed by atoms with Crippen molar-refractivity contribution in [3.8, 4) is 6.07 Å². The Morgan fingerprint density at radius 3 is 2.17 bits per heavy atom. The van der Waals surface area contributed by atoms with Crippen molar-refractivity contribution in [1.82, 2.24) is 0 Å². The Morgan fingerprint density at radius 1 is 1.17 bits per heavy atom. The second-order valence-corrected chi connectivity index (χ2v) is 5.68. The molecule has 0 saturated heterocycles. The molecule has 2 nitrogen and oxygen atoms in total. The second kappa shape index (κ2) is 4.83. The van der Waals surface area contributed by atoms with Crippen LogP contribution in [0.1, 0.15) is 51.3 Å². The second-order valence-electron chi connectivity index (χ2n) is 5.68. The Kier molecular flexibility index (Phi) is 3.82. The Morgan fingerprint density at radius 2 is 1.72 bits per heavy atom. The van der Waals surface area contributed by atoms with Crippen molar-refractivity contribution in [1.29, 1.82) is 5.26 Å². The van der Waals surface area contributed by atoms with Gasteiger partial charge in [-0.2, -0.15) is 5.26 Å². The molecule has 0 aliphatic heterocycles. The van der Waals surface area contributed by atoms with Crippen LogP contribution < -0.4 is 0 Å². The third-order valence-corrected chi connectivity index (χ3v) is 3.39. The molecule has 0 saturated carbocycles. The van der Waals surface area contributed by atoms with Crippen LogP contribution in [-0.2, 0) is 17.4 Å². The van der Waals surface area contributed by atoms with Gasteiger partial charge in [-0.3, -0.25) is 0 Å². The van der Waals surface area contributed by atoms with E-state index in [0.29, 0.717) is 0 Å². The van der Waals surface area contributed by atoms with Gasteiger partial charge in [-0.1, -0.05) is 13.0 Å². The van der Waals surface area contributed by atoms with Crippen molar-refractivity contribution in [3.63, 3.8) is 0 Å². The summed E-state index contributed by atoms with van der Waals surface area (Å²) in [5.74, 6) is 0. The van der Waals surface area contributed by atoms with Crippen molar-refractivity contribution < 1.29 is 0 Å². The summed E-state index contributed by atoms with van der Waals surface area (Å²) >= 11 is 0. The van der Waals surface area contributed by atoms with Gasteiger partial charge in [0.25, 0.3) is 5.54 Å². The van der Waals surface area contributed by atoms with Crippen LogP contribution in [0.5, 0.6) is 0 Å². The third kappa shape index (κ3) is 2.71. The summed E-state index contributed by atoms with van der Waals surface area (Å²) in [5, 5.41) is 9.25. The van der Waals surface area contributed by atoms with E-state index in [4.69, 9.17) is 6.57 Å². The molecule has 18 heavy (non-hydrogen) atoms. The number of hydrogen-bond donors (Lipinski definition) is 0. The van der Waals surface area contributed by atoms with Gasteiger partial charge in [0.2, 0.25) is 0 Å². The highest BCUT2D eigenvalue weighted by atomic mass is 14.8. The normalized spacial score (nSPS) is 11.7. The molecule has 2 heteroatoms. The highest BCUT2D eigenvalue weighted by molar-refractivity contribution is 5.41. The topological polar surface area (TPSA) is 28.1 Å². The zero-order valence-corrected chi connectivity index (χ0v) is 11.8. The summed E-state index contributed by atoms with van der Waals surface area (Å²) in [7, 11) is 0. The number of benzene rings is 1. The molecule has 0 aliphatic carbocycles. The highest BCUT2D eigenvalue weighted by Gasteiger charge is 2.29. The molecule has 0 heterocycles. The standard InChI is InChI=1S/C16H20N2/c1-7-12-8-13(15(2,3)11-17)10-14(9-12)16(4,5)18-6/h8-10H,7H2,1-5H3. The summed E-state index contributed by atoms with van der Waals surface area (Å²) in [4.78, 5) is 3.68. The van der Waals surface area contributed by atoms with E-state index in [1.165, 1.54) is 5.56 Å². The van der Waals surface area contributed by atoms with Crippen molar-refractivity contribution in [2.24, 2.45) is 0 Å². The van der Waals surface area contributed by atoms with Crippen molar-refractivity contribution >= 4 is 0 Å². The molecule has 0 atom stereocenters. The first-order chi connectivity index (χ1) is 8.26. The quantitative estimate of drug-likeness (QED) is 0.727. The van der Waals surface area contributed by atoms with E-state index in [2.05, 4.69) is 30.0 Å². The molecule has 1 aromatic carbocycles. The predicted octanol–water partition coefficient (Wildman–Crippen LogP) is 4.20. The van der Waals surface area contributed by atoms with Crippen LogP contribution in [0.3, 0.4) is 0 Å². The van der Waals surface area contributed by atoms with Crippen LogP contribution in [-0.4, -0.2) is 0 Å². The maximum absolute atomic E-state index is 9.25. The molecule has 1 rings (SSSR count). The number of aryl methyl sites for hydroxylation is 1. The first kappa shape index (κ1) is 14.3. The molecule has 0 aliphatic rings. The fourth-order valence-corrected chi connectivity index (χ4v) is 1.74. The van der Waals surface area contributed by atoms with Gasteiger partial charge in [-0.05, 0) is 43.5 Å². The van der Waals surface area contributed by atoms with Gasteiger partial charge in [0.05, 0.1) is 11.5 Å². The van der Waals surface area contributed by atoms with E-state index in [9.17, 15) is 5.26 Å². The molecule has 0 aromatic heterocycles. The Balaban J connectivity index is 3.47. The van der Waals surface area contributed by atoms with Gasteiger partial charge in [-0.15, -0.1) is 0 Å². The summed E-state index contributed by atoms with van der Waals surface area (Å²) in [6.07, 6.45) is 0.913. The zero-order chi connectivity index (χ0) is 14.0. The summed E-state index contributed by atoms with van der Waals surface area (Å²) in [5.41, 5.74) is 2.12. The molecular weight excluding hydrogens is 220 g/mol. The molecule has 94 valence electrons.